The van der Waals surface area contributed by atoms with Crippen LogP contribution < -0.4 is 21.3 Å². The molecule has 11 heteroatoms. The molecule has 0 saturated carbocycles. The second kappa shape index (κ2) is 15.6. The zero-order valence-corrected chi connectivity index (χ0v) is 23.7. The molecule has 0 saturated heterocycles. The van der Waals surface area contributed by atoms with Gasteiger partial charge in [-0.05, 0) is 37.0 Å². The van der Waals surface area contributed by atoms with Gasteiger partial charge in [-0.2, -0.15) is 8.78 Å². The molecule has 0 bridgehead atoms. The number of rotatable bonds is 16. The molecular formula is C26H46F2N4O5. The monoisotopic (exact) mass is 532 g/mol. The Kier molecular flexibility index (Phi) is 14.5. The molecule has 9 nitrogen and oxygen atoms in total. The van der Waals surface area contributed by atoms with Crippen molar-refractivity contribution in [2.75, 3.05) is 6.54 Å². The van der Waals surface area contributed by atoms with Gasteiger partial charge in [0.15, 0.2) is 0 Å². The van der Waals surface area contributed by atoms with Crippen molar-refractivity contribution >= 4 is 29.4 Å². The van der Waals surface area contributed by atoms with Crippen molar-refractivity contribution in [2.24, 2.45) is 23.7 Å². The Morgan fingerprint density at radius 2 is 1.16 bits per heavy atom. The van der Waals surface area contributed by atoms with Crippen molar-refractivity contribution in [1.29, 1.82) is 0 Å². The summed E-state index contributed by atoms with van der Waals surface area (Å²) in [7, 11) is 0. The van der Waals surface area contributed by atoms with Gasteiger partial charge in [-0.3, -0.25) is 24.0 Å². The van der Waals surface area contributed by atoms with Gasteiger partial charge < -0.3 is 21.3 Å². The summed E-state index contributed by atoms with van der Waals surface area (Å²) in [6.45, 7) is 14.3. The van der Waals surface area contributed by atoms with E-state index in [-0.39, 0.29) is 54.7 Å². The van der Waals surface area contributed by atoms with Crippen molar-refractivity contribution < 1.29 is 32.8 Å². The van der Waals surface area contributed by atoms with E-state index < -0.39 is 48.2 Å². The van der Waals surface area contributed by atoms with Crippen LogP contribution in [0.3, 0.4) is 0 Å². The second-order valence-corrected chi connectivity index (χ2v) is 11.3. The summed E-state index contributed by atoms with van der Waals surface area (Å²) in [5.41, 5.74) is 0. The maximum Gasteiger partial charge on any atom is 0.324 e. The molecule has 0 fully saturated rings. The van der Waals surface area contributed by atoms with Gasteiger partial charge in [0.1, 0.15) is 12.1 Å². The lowest BCUT2D eigenvalue weighted by atomic mass is 9.95. The Balaban J connectivity index is 5.39. The summed E-state index contributed by atoms with van der Waals surface area (Å²) in [5, 5.41) is 9.46. The first-order valence-electron chi connectivity index (χ1n) is 13.0. The van der Waals surface area contributed by atoms with Crippen LogP contribution in [0.2, 0.25) is 0 Å². The van der Waals surface area contributed by atoms with E-state index in [1.54, 1.807) is 27.7 Å². The maximum absolute atomic E-state index is 14.9. The summed E-state index contributed by atoms with van der Waals surface area (Å²) >= 11 is 0. The molecule has 4 amide bonds. The van der Waals surface area contributed by atoms with Crippen LogP contribution in [0.25, 0.3) is 0 Å². The largest absolute Gasteiger partial charge is 0.348 e. The minimum atomic E-state index is -3.97. The summed E-state index contributed by atoms with van der Waals surface area (Å²) < 4.78 is 29.7. The third-order valence-corrected chi connectivity index (χ3v) is 5.41. The van der Waals surface area contributed by atoms with Gasteiger partial charge in [0.2, 0.25) is 29.4 Å². The van der Waals surface area contributed by atoms with E-state index in [4.69, 9.17) is 0 Å². The molecule has 0 aromatic rings. The van der Waals surface area contributed by atoms with Gasteiger partial charge in [0.05, 0.1) is 12.6 Å². The van der Waals surface area contributed by atoms with Crippen LogP contribution in [-0.4, -0.2) is 60.0 Å². The van der Waals surface area contributed by atoms with Crippen LogP contribution in [0.15, 0.2) is 0 Å². The van der Waals surface area contributed by atoms with Crippen molar-refractivity contribution in [3.05, 3.63) is 0 Å². The van der Waals surface area contributed by atoms with Gasteiger partial charge in [0.25, 0.3) is 0 Å². The highest BCUT2D eigenvalue weighted by molar-refractivity contribution is 5.96. The van der Waals surface area contributed by atoms with Crippen LogP contribution in [0.4, 0.5) is 8.78 Å². The molecular weight excluding hydrogens is 486 g/mol. The first-order chi connectivity index (χ1) is 16.9. The van der Waals surface area contributed by atoms with Gasteiger partial charge in [-0.15, -0.1) is 0 Å². The third-order valence-electron chi connectivity index (χ3n) is 5.41. The van der Waals surface area contributed by atoms with Gasteiger partial charge >= 0.3 is 5.92 Å². The zero-order chi connectivity index (χ0) is 29.1. The number of nitrogens with one attached hydrogen (secondary N) is 4. The summed E-state index contributed by atoms with van der Waals surface area (Å²) in [6.07, 6.45) is 0.317. The highest BCUT2D eigenvalue weighted by Gasteiger charge is 2.44. The first kappa shape index (κ1) is 34.4. The molecule has 0 aliphatic heterocycles. The number of amides is 4. The summed E-state index contributed by atoms with van der Waals surface area (Å²) in [4.78, 5) is 62.0. The molecule has 0 spiro atoms. The molecule has 0 aromatic heterocycles. The van der Waals surface area contributed by atoms with E-state index in [0.717, 1.165) is 0 Å². The van der Waals surface area contributed by atoms with Crippen molar-refractivity contribution in [3.63, 3.8) is 0 Å². The first-order valence-corrected chi connectivity index (χ1v) is 13.0. The van der Waals surface area contributed by atoms with Gasteiger partial charge in [0, 0.05) is 12.8 Å². The molecule has 3 atom stereocenters. The Labute approximate surface area is 219 Å². The van der Waals surface area contributed by atoms with E-state index >= 15 is 0 Å². The SMILES string of the molecule is CC(C)CC(=O)NC(C)C(=O)NCC(F)(F)C(=O)C(CC(C)C)NC(=O)C(NC(=O)CC(C)C)C(C)C. The van der Waals surface area contributed by atoms with Crippen molar-refractivity contribution in [1.82, 2.24) is 21.3 Å². The number of alkyl halides is 2. The Morgan fingerprint density at radius 1 is 0.676 bits per heavy atom. The predicted molar refractivity (Wildman–Crippen MR) is 138 cm³/mol. The smallest absolute Gasteiger partial charge is 0.324 e. The highest BCUT2D eigenvalue weighted by atomic mass is 19.3. The van der Waals surface area contributed by atoms with Gasteiger partial charge in [-0.25, -0.2) is 0 Å². The number of carbonyl (C=O) groups excluding carboxylic acids is 5. The number of halogens is 2. The standard InChI is InChI=1S/C26H46F2N4O5/c1-14(2)10-19(31-25(37)22(17(7)8)32-21(34)12-16(5)6)23(35)26(27,28)13-29-24(36)18(9)30-20(33)11-15(3)4/h14-19,22H,10-13H2,1-9H3,(H,29,36)(H,30,33)(H,31,37)(H,32,34). The molecule has 0 heterocycles. The fraction of sp³-hybridized carbons (Fsp3) is 0.808. The lowest BCUT2D eigenvalue weighted by Crippen LogP contribution is -2.58. The molecule has 0 aliphatic carbocycles. The Morgan fingerprint density at radius 3 is 1.59 bits per heavy atom. The van der Waals surface area contributed by atoms with Crippen LogP contribution in [0.5, 0.6) is 0 Å². The summed E-state index contributed by atoms with van der Waals surface area (Å²) in [6, 6.07) is -3.59. The quantitative estimate of drug-likeness (QED) is 0.243. The van der Waals surface area contributed by atoms with E-state index in [1.165, 1.54) is 6.92 Å². The fourth-order valence-electron chi connectivity index (χ4n) is 3.53. The zero-order valence-electron chi connectivity index (χ0n) is 23.7. The molecule has 0 radical (unpaired) electrons. The minimum absolute atomic E-state index is 0.0550. The lowest BCUT2D eigenvalue weighted by molar-refractivity contribution is -0.148. The molecule has 37 heavy (non-hydrogen) atoms. The number of hydrogen-bond donors (Lipinski definition) is 4. The van der Waals surface area contributed by atoms with E-state index in [2.05, 4.69) is 16.0 Å². The molecule has 0 aliphatic rings. The number of hydrogen-bond acceptors (Lipinski definition) is 5. The number of ketones is 1. The van der Waals surface area contributed by atoms with Crippen LogP contribution in [0, 0.1) is 23.7 Å². The number of carbonyl (C=O) groups is 5. The molecule has 0 rings (SSSR count). The number of Topliss-reactive ketones (excluding diaryl/α,β-unsaturated/α-hetero) is 1. The minimum Gasteiger partial charge on any atom is -0.348 e. The Bertz CT molecular complexity index is 800. The van der Waals surface area contributed by atoms with Crippen molar-refractivity contribution in [2.45, 2.75) is 106 Å². The van der Waals surface area contributed by atoms with Gasteiger partial charge in [-0.1, -0.05) is 55.4 Å². The average Bonchev–Trinajstić information content (AvgIpc) is 2.72. The normalized spacial score (nSPS) is 14.4. The average molecular weight is 533 g/mol. The van der Waals surface area contributed by atoms with Crippen LogP contribution in [0.1, 0.15) is 81.6 Å². The molecule has 0 aromatic carbocycles. The van der Waals surface area contributed by atoms with Crippen molar-refractivity contribution in [3.8, 4) is 0 Å². The van der Waals surface area contributed by atoms with E-state index in [9.17, 15) is 32.8 Å². The lowest BCUT2D eigenvalue weighted by Gasteiger charge is -2.28. The fourth-order valence-corrected chi connectivity index (χ4v) is 3.53. The maximum atomic E-state index is 14.9. The summed E-state index contributed by atoms with van der Waals surface area (Å²) in [5.74, 6) is -8.27. The molecule has 214 valence electrons. The van der Waals surface area contributed by atoms with E-state index in [0.29, 0.717) is 0 Å². The van der Waals surface area contributed by atoms with Crippen LogP contribution >= 0.6 is 0 Å². The van der Waals surface area contributed by atoms with Crippen LogP contribution in [-0.2, 0) is 24.0 Å². The van der Waals surface area contributed by atoms with E-state index in [1.807, 2.05) is 33.0 Å². The highest BCUT2D eigenvalue weighted by Crippen LogP contribution is 2.20. The molecule has 3 unspecified atom stereocenters. The molecule has 4 N–H and O–H groups in total. The topological polar surface area (TPSA) is 133 Å². The second-order valence-electron chi connectivity index (χ2n) is 11.3. The Hall–Kier alpha value is -2.59. The third kappa shape index (κ3) is 13.5. The predicted octanol–water partition coefficient (Wildman–Crippen LogP) is 2.58.